The molecule has 3 heterocycles. The lowest BCUT2D eigenvalue weighted by Crippen LogP contribution is -2.64. The number of rotatable bonds is 9. The van der Waals surface area contributed by atoms with E-state index in [4.69, 9.17) is 30.5 Å². The Morgan fingerprint density at radius 3 is 2.54 bits per heavy atom. The van der Waals surface area contributed by atoms with E-state index in [-0.39, 0.29) is 43.2 Å². The average molecular weight is 749 g/mol. The number of carboxylic acids is 1. The summed E-state index contributed by atoms with van der Waals surface area (Å²) in [4.78, 5) is 57.5. The van der Waals surface area contributed by atoms with Crippen LogP contribution >= 0.6 is 11.6 Å². The first-order valence-corrected chi connectivity index (χ1v) is 17.8. The van der Waals surface area contributed by atoms with E-state index < -0.39 is 59.1 Å². The van der Waals surface area contributed by atoms with Crippen molar-refractivity contribution in [3.63, 3.8) is 0 Å². The molecule has 0 aromatic heterocycles. The van der Waals surface area contributed by atoms with Gasteiger partial charge in [-0.05, 0) is 65.4 Å². The zero-order valence-electron chi connectivity index (χ0n) is 31.5. The maximum atomic E-state index is 13.8. The lowest BCUT2D eigenvalue weighted by molar-refractivity contribution is -0.153. The molecule has 2 saturated heterocycles. The van der Waals surface area contributed by atoms with Gasteiger partial charge in [0.25, 0.3) is 0 Å². The van der Waals surface area contributed by atoms with E-state index in [0.717, 1.165) is 11.1 Å². The van der Waals surface area contributed by atoms with Gasteiger partial charge in [0.05, 0.1) is 24.9 Å². The van der Waals surface area contributed by atoms with E-state index in [1.54, 1.807) is 33.0 Å². The molecule has 14 nitrogen and oxygen atoms in total. The highest BCUT2D eigenvalue weighted by Crippen LogP contribution is 2.58. The number of methoxy groups -OCH3 is 2. The average Bonchev–Trinajstić information content (AvgIpc) is 3.69. The van der Waals surface area contributed by atoms with E-state index in [9.17, 15) is 29.4 Å². The number of aliphatic hydroxyl groups is 1. The van der Waals surface area contributed by atoms with Crippen LogP contribution in [0.2, 0.25) is 5.02 Å². The molecule has 52 heavy (non-hydrogen) atoms. The van der Waals surface area contributed by atoms with Crippen molar-refractivity contribution < 1.29 is 48.3 Å². The third-order valence-electron chi connectivity index (χ3n) is 10.7. The SMILES string of the molecule is COc1cc2cc(c1Cl)N(C)C(=O)CC[C@]1(C)O[C@@]1(CN(C(=O)CCN(C)C)[C@@H](C)C(=O)O)[C@H](C)[C@@H]1C[C@@](O)(NC(=O)O1)[C@H](OC)/C=C/C=C(\C)C2. The van der Waals surface area contributed by atoms with Crippen molar-refractivity contribution in [1.29, 1.82) is 0 Å². The number of anilines is 1. The van der Waals surface area contributed by atoms with Crippen LogP contribution in [0.1, 0.15) is 58.9 Å². The van der Waals surface area contributed by atoms with Crippen molar-refractivity contribution in [2.75, 3.05) is 53.4 Å². The quantitative estimate of drug-likeness (QED) is 0.314. The molecule has 0 saturated carbocycles. The van der Waals surface area contributed by atoms with Crippen LogP contribution in [0.5, 0.6) is 5.75 Å². The molecular formula is C37H53ClN4O10. The first kappa shape index (κ1) is 41.1. The number of fused-ring (bicyclic) bond motifs is 5. The number of carbonyl (C=O) groups is 4. The number of carbonyl (C=O) groups excluding carboxylic acids is 3. The smallest absolute Gasteiger partial charge is 0.409 e. The molecule has 3 amide bonds. The molecule has 0 radical (unpaired) electrons. The van der Waals surface area contributed by atoms with Crippen LogP contribution in [0, 0.1) is 5.92 Å². The van der Waals surface area contributed by atoms with Crippen molar-refractivity contribution in [1.82, 2.24) is 15.1 Å². The number of alkyl carbamates (subject to hydrolysis) is 1. The number of halogens is 1. The fraction of sp³-hybridized carbons (Fsp3) is 0.622. The van der Waals surface area contributed by atoms with Gasteiger partial charge >= 0.3 is 12.1 Å². The Hall–Kier alpha value is -3.69. The van der Waals surface area contributed by atoms with Crippen LogP contribution in [0.15, 0.2) is 35.9 Å². The van der Waals surface area contributed by atoms with Crippen molar-refractivity contribution in [2.24, 2.45) is 5.92 Å². The molecule has 4 rings (SSSR count). The number of aliphatic carboxylic acids is 1. The number of nitrogens with zero attached hydrogens (tertiary/aromatic N) is 3. The molecule has 7 atom stereocenters. The van der Waals surface area contributed by atoms with Crippen molar-refractivity contribution in [2.45, 2.75) is 95.0 Å². The lowest BCUT2D eigenvalue weighted by Gasteiger charge is -2.44. The fourth-order valence-electron chi connectivity index (χ4n) is 7.27. The van der Waals surface area contributed by atoms with Crippen LogP contribution < -0.4 is 15.0 Å². The van der Waals surface area contributed by atoms with Crippen LogP contribution in [-0.2, 0) is 35.0 Å². The zero-order chi connectivity index (χ0) is 38.8. The molecule has 1 aromatic carbocycles. The minimum Gasteiger partial charge on any atom is -0.495 e. The second kappa shape index (κ2) is 16.1. The summed E-state index contributed by atoms with van der Waals surface area (Å²) in [6.45, 7) is 7.16. The minimum absolute atomic E-state index is 0.00203. The van der Waals surface area contributed by atoms with Gasteiger partial charge in [0.15, 0.2) is 5.72 Å². The molecular weight excluding hydrogens is 696 g/mol. The van der Waals surface area contributed by atoms with Gasteiger partial charge in [-0.1, -0.05) is 42.3 Å². The number of benzene rings is 1. The Bertz CT molecular complexity index is 1600. The predicted octanol–water partition coefficient (Wildman–Crippen LogP) is 3.77. The van der Waals surface area contributed by atoms with Gasteiger partial charge in [0.2, 0.25) is 11.8 Å². The highest BCUT2D eigenvalue weighted by molar-refractivity contribution is 6.35. The Morgan fingerprint density at radius 2 is 1.92 bits per heavy atom. The van der Waals surface area contributed by atoms with Crippen molar-refractivity contribution in [3.05, 3.63) is 46.5 Å². The predicted molar refractivity (Wildman–Crippen MR) is 194 cm³/mol. The Labute approximate surface area is 310 Å². The van der Waals surface area contributed by atoms with Crippen LogP contribution in [-0.4, -0.2) is 128 Å². The van der Waals surface area contributed by atoms with Crippen LogP contribution in [0.3, 0.4) is 0 Å². The molecule has 288 valence electrons. The van der Waals surface area contributed by atoms with Gasteiger partial charge in [-0.3, -0.25) is 14.9 Å². The summed E-state index contributed by atoms with van der Waals surface area (Å²) in [6.07, 6.45) is 2.97. The second-order valence-electron chi connectivity index (χ2n) is 14.6. The van der Waals surface area contributed by atoms with Gasteiger partial charge in [-0.15, -0.1) is 0 Å². The molecule has 3 aliphatic heterocycles. The summed E-state index contributed by atoms with van der Waals surface area (Å²) in [5.74, 6) is -2.16. The zero-order valence-corrected chi connectivity index (χ0v) is 32.3. The topological polar surface area (TPSA) is 171 Å². The monoisotopic (exact) mass is 748 g/mol. The molecule has 0 unspecified atom stereocenters. The van der Waals surface area contributed by atoms with Crippen LogP contribution in [0.4, 0.5) is 10.5 Å². The first-order chi connectivity index (χ1) is 24.3. The van der Waals surface area contributed by atoms with Crippen molar-refractivity contribution in [3.8, 4) is 5.75 Å². The number of epoxide rings is 1. The number of ether oxygens (including phenoxy) is 4. The van der Waals surface area contributed by atoms with Gasteiger partial charge < -0.3 is 43.9 Å². The maximum absolute atomic E-state index is 13.8. The second-order valence-corrected chi connectivity index (χ2v) is 15.0. The largest absolute Gasteiger partial charge is 0.495 e. The van der Waals surface area contributed by atoms with Crippen LogP contribution in [0.25, 0.3) is 0 Å². The fourth-order valence-corrected chi connectivity index (χ4v) is 7.59. The van der Waals surface area contributed by atoms with E-state index in [1.165, 1.54) is 30.9 Å². The summed E-state index contributed by atoms with van der Waals surface area (Å²) in [6, 6.07) is 2.43. The first-order valence-electron chi connectivity index (χ1n) is 17.4. The molecule has 4 bridgehead atoms. The highest BCUT2D eigenvalue weighted by Gasteiger charge is 2.72. The van der Waals surface area contributed by atoms with Gasteiger partial charge in [-0.25, -0.2) is 9.59 Å². The Balaban J connectivity index is 1.83. The number of hydrogen-bond donors (Lipinski definition) is 3. The summed E-state index contributed by atoms with van der Waals surface area (Å²) < 4.78 is 23.6. The molecule has 0 aliphatic carbocycles. The number of hydrogen-bond acceptors (Lipinski definition) is 10. The standard InChI is InChI=1S/C37H53ClN4O10/c1-22-11-10-12-29(50-9)37(48)20-28(51-34(47)39-37)23(2)36(21-42(24(3)33(45)46)31(44)14-16-40(5)6)35(4,52-36)15-13-30(43)41(7)26-18-25(17-22)19-27(49-8)32(26)38/h10-12,18-19,23-24,28-29,48H,13-17,20-21H2,1-9H3,(H,39,47)(H,45,46)/b12-10+,22-11+/t23-,24+,28+,29-,35+,36+,37+/m1/s1. The number of nitrogens with one attached hydrogen (secondary N) is 1. The van der Waals surface area contributed by atoms with E-state index >= 15 is 0 Å². The summed E-state index contributed by atoms with van der Waals surface area (Å²) >= 11 is 6.73. The van der Waals surface area contributed by atoms with E-state index in [2.05, 4.69) is 5.32 Å². The lowest BCUT2D eigenvalue weighted by atomic mass is 9.75. The third kappa shape index (κ3) is 8.57. The minimum atomic E-state index is -1.90. The summed E-state index contributed by atoms with van der Waals surface area (Å²) in [5, 5.41) is 24.8. The number of allylic oxidation sites excluding steroid dienone is 3. The summed E-state index contributed by atoms with van der Waals surface area (Å²) in [7, 11) is 8.18. The molecule has 2 fully saturated rings. The molecule has 3 N–H and O–H groups in total. The number of amides is 3. The highest BCUT2D eigenvalue weighted by atomic mass is 35.5. The van der Waals surface area contributed by atoms with Gasteiger partial charge in [-0.2, -0.15) is 0 Å². The normalized spacial score (nSPS) is 31.7. The molecule has 1 aromatic rings. The van der Waals surface area contributed by atoms with Gasteiger partial charge in [0.1, 0.15) is 34.6 Å². The summed E-state index contributed by atoms with van der Waals surface area (Å²) in [5.41, 5.74) is -2.02. The van der Waals surface area contributed by atoms with Gasteiger partial charge in [0, 0.05) is 45.9 Å². The molecule has 15 heteroatoms. The maximum Gasteiger partial charge on any atom is 0.409 e. The Kier molecular flexibility index (Phi) is 12.7. The molecule has 0 spiro atoms. The third-order valence-corrected chi connectivity index (χ3v) is 11.1. The number of carboxylic acid groups (broad SMARTS) is 1. The van der Waals surface area contributed by atoms with Crippen molar-refractivity contribution >= 4 is 41.2 Å². The van der Waals surface area contributed by atoms with E-state index in [0.29, 0.717) is 24.4 Å². The Morgan fingerprint density at radius 1 is 1.23 bits per heavy atom. The molecule has 3 aliphatic rings. The van der Waals surface area contributed by atoms with E-state index in [1.807, 2.05) is 44.1 Å².